The van der Waals surface area contributed by atoms with Gasteiger partial charge in [0.05, 0.1) is 12.7 Å². The number of halogens is 1. The van der Waals surface area contributed by atoms with Crippen LogP contribution in [-0.4, -0.2) is 9.55 Å². The maximum absolute atomic E-state index is 8.49. The van der Waals surface area contributed by atoms with E-state index in [-0.39, 0.29) is 0 Å². The van der Waals surface area contributed by atoms with Crippen LogP contribution in [0.15, 0.2) is 104 Å². The monoisotopic (exact) mass is 559 g/mol. The zero-order valence-electron chi connectivity index (χ0n) is 22.6. The maximum atomic E-state index is 8.49. The van der Waals surface area contributed by atoms with E-state index in [0.717, 1.165) is 12.3 Å². The van der Waals surface area contributed by atoms with Crippen molar-refractivity contribution < 1.29 is 33.3 Å². The van der Waals surface area contributed by atoms with Gasteiger partial charge in [-0.3, -0.25) is 0 Å². The molecule has 0 amide bonds. The van der Waals surface area contributed by atoms with Gasteiger partial charge in [0.2, 0.25) is 0 Å². The van der Waals surface area contributed by atoms with Crippen molar-refractivity contribution in [2.75, 3.05) is 0 Å². The summed E-state index contributed by atoms with van der Waals surface area (Å²) in [6, 6.07) is 30.3. The molecule has 2 heterocycles. The van der Waals surface area contributed by atoms with Crippen LogP contribution in [0.1, 0.15) is 45.4 Å². The fourth-order valence-corrected chi connectivity index (χ4v) is 4.81. The molecule has 0 aliphatic rings. The molecule has 0 fully saturated rings. The van der Waals surface area contributed by atoms with Crippen molar-refractivity contribution in [1.29, 1.82) is 0 Å². The molecule has 5 aromatic rings. The molecule has 0 saturated heterocycles. The molecule has 40 heavy (non-hydrogen) atoms. The number of imidazole rings is 1. The Labute approximate surface area is 237 Å². The van der Waals surface area contributed by atoms with E-state index in [4.69, 9.17) is 18.6 Å². The molecule has 0 spiro atoms. The van der Waals surface area contributed by atoms with E-state index in [0.29, 0.717) is 0 Å². The first-order valence-corrected chi connectivity index (χ1v) is 14.8. The molecule has 0 N–H and O–H groups in total. The van der Waals surface area contributed by atoms with Crippen molar-refractivity contribution in [3.8, 4) is 33.5 Å². The highest BCUT2D eigenvalue weighted by atomic mass is 35.7. The second kappa shape index (κ2) is 14.2. The van der Waals surface area contributed by atoms with Crippen molar-refractivity contribution in [1.82, 2.24) is 9.55 Å². The number of nitrogens with zero attached hydrogens (tertiary/aromatic N) is 3. The van der Waals surface area contributed by atoms with Gasteiger partial charge in [-0.25, -0.2) is 27.6 Å². The molecule has 3 aromatic carbocycles. The Hall–Kier alpha value is -3.59. The molecule has 2 aromatic heterocycles. The Kier molecular flexibility index (Phi) is 10.4. The second-order valence-corrected chi connectivity index (χ2v) is 10.4. The fraction of sp³-hybridized carbons (Fsp3) is 0.250. The first-order valence-electron chi connectivity index (χ1n) is 13.6. The minimum atomic E-state index is -4.94. The number of benzene rings is 3. The number of unbranched alkanes of at least 4 members (excludes halogenated alkanes) is 5. The number of hydrogen-bond acceptors (Lipinski definition) is 5. The van der Waals surface area contributed by atoms with Crippen LogP contribution >= 0.6 is 0 Å². The molecule has 0 bridgehead atoms. The highest BCUT2D eigenvalue weighted by Gasteiger charge is 2.18. The van der Waals surface area contributed by atoms with Gasteiger partial charge < -0.3 is 0 Å². The lowest BCUT2D eigenvalue weighted by Crippen LogP contribution is -2.68. The van der Waals surface area contributed by atoms with Gasteiger partial charge in [0.1, 0.15) is 18.1 Å². The van der Waals surface area contributed by atoms with Crippen molar-refractivity contribution >= 4 is 5.78 Å². The lowest BCUT2D eigenvalue weighted by Gasteiger charge is -2.17. The first-order chi connectivity index (χ1) is 19.3. The van der Waals surface area contributed by atoms with E-state index in [9.17, 15) is 0 Å². The zero-order valence-corrected chi connectivity index (χ0v) is 23.4. The molecule has 5 rings (SSSR count). The van der Waals surface area contributed by atoms with Crippen molar-refractivity contribution in [3.05, 3.63) is 104 Å². The average molecular weight is 560 g/mol. The summed E-state index contributed by atoms with van der Waals surface area (Å²) in [5, 5.41) is 0. The number of aryl methyl sites for hydroxylation is 1. The predicted octanol–water partition coefficient (Wildman–Crippen LogP) is 3.23. The molecule has 0 aliphatic carbocycles. The quantitative estimate of drug-likeness (QED) is 0.192. The number of fused-ring (bicyclic) bond motifs is 1. The van der Waals surface area contributed by atoms with E-state index in [1.165, 1.54) is 72.0 Å². The number of hydrogen-bond donors (Lipinski definition) is 0. The third-order valence-corrected chi connectivity index (χ3v) is 6.79. The average Bonchev–Trinajstić information content (AvgIpc) is 3.33. The summed E-state index contributed by atoms with van der Waals surface area (Å²) in [6.45, 7) is 3.27. The van der Waals surface area contributed by atoms with E-state index in [2.05, 4.69) is 112 Å². The predicted molar refractivity (Wildman–Crippen MR) is 145 cm³/mol. The van der Waals surface area contributed by atoms with Crippen molar-refractivity contribution in [2.24, 2.45) is 0 Å². The molecular formula is C32H34ClN3O4. The van der Waals surface area contributed by atoms with Gasteiger partial charge in [-0.05, 0) is 28.7 Å². The Bertz CT molecular complexity index is 1460. The van der Waals surface area contributed by atoms with E-state index in [1.54, 1.807) is 0 Å². The summed E-state index contributed by atoms with van der Waals surface area (Å²) in [5.74, 6) is 1.01. The summed E-state index contributed by atoms with van der Waals surface area (Å²) < 4.78 is 38.5. The van der Waals surface area contributed by atoms with Crippen LogP contribution in [0, 0.1) is 10.2 Å². The van der Waals surface area contributed by atoms with E-state index < -0.39 is 10.2 Å². The fourth-order valence-electron chi connectivity index (χ4n) is 4.81. The molecule has 0 saturated carbocycles. The summed E-state index contributed by atoms with van der Waals surface area (Å²) in [7, 11) is -4.94. The van der Waals surface area contributed by atoms with Gasteiger partial charge in [-0.2, -0.15) is 0 Å². The Balaban J connectivity index is 0.000000681. The van der Waals surface area contributed by atoms with Gasteiger partial charge in [0.25, 0.3) is 0 Å². The molecule has 0 aliphatic heterocycles. The molecule has 7 nitrogen and oxygen atoms in total. The van der Waals surface area contributed by atoms with Gasteiger partial charge >= 0.3 is 5.78 Å². The van der Waals surface area contributed by atoms with Gasteiger partial charge in [0.15, 0.2) is 0 Å². The normalized spacial score (nSPS) is 11.3. The smallest absolute Gasteiger partial charge is 0.225 e. The zero-order chi connectivity index (χ0) is 28.4. The highest BCUT2D eigenvalue weighted by molar-refractivity contribution is 5.72. The number of rotatable bonds is 10. The molecule has 208 valence electrons. The standard InChI is InChI=1S/C32H34N3.ClHO4/c1-2-3-4-5-6-10-24-35-31(25-34-23-11-22-33-32(34)35)30-20-18-29(19-21-30)28-16-14-27(15-17-28)26-12-8-7-9-13-26;2-1(3,4)5/h7-9,11-23,25H,2-6,10,24H2,1H3;(H,2,3,4,5)/q+1;/p-1. The minimum absolute atomic E-state index is 0.998. The van der Waals surface area contributed by atoms with Crippen LogP contribution in [0.2, 0.25) is 0 Å². The van der Waals surface area contributed by atoms with Crippen LogP contribution in [0.5, 0.6) is 0 Å². The second-order valence-electron chi connectivity index (χ2n) is 9.66. The molecule has 8 heteroatoms. The summed E-state index contributed by atoms with van der Waals surface area (Å²) in [6.07, 6.45) is 13.9. The maximum Gasteiger partial charge on any atom is 0.403 e. The molecular weight excluding hydrogens is 526 g/mol. The Morgan fingerprint density at radius 1 is 0.650 bits per heavy atom. The van der Waals surface area contributed by atoms with Gasteiger partial charge in [-0.15, -0.1) is 10.2 Å². The van der Waals surface area contributed by atoms with E-state index >= 15 is 0 Å². The SMILES string of the molecule is CCCCCCCCn1c(-c2ccc(-c3ccc(-c4ccccc4)cc3)cc2)c[n+]2cccnc12.[O-][Cl+3]([O-])([O-])[O-]. The van der Waals surface area contributed by atoms with Crippen LogP contribution < -0.4 is 23.0 Å². The van der Waals surface area contributed by atoms with Crippen LogP contribution in [0.25, 0.3) is 39.3 Å². The topological polar surface area (TPSA) is 114 Å². The summed E-state index contributed by atoms with van der Waals surface area (Å²) in [5.41, 5.74) is 7.42. The highest BCUT2D eigenvalue weighted by Crippen LogP contribution is 2.28. The van der Waals surface area contributed by atoms with Crippen LogP contribution in [-0.2, 0) is 6.54 Å². The van der Waals surface area contributed by atoms with Crippen LogP contribution in [0.4, 0.5) is 0 Å². The van der Waals surface area contributed by atoms with Gasteiger partial charge in [-0.1, -0.05) is 123 Å². The molecule has 0 radical (unpaired) electrons. The van der Waals surface area contributed by atoms with Crippen LogP contribution in [0.3, 0.4) is 0 Å². The Morgan fingerprint density at radius 2 is 1.15 bits per heavy atom. The van der Waals surface area contributed by atoms with Crippen molar-refractivity contribution in [2.45, 2.75) is 52.0 Å². The van der Waals surface area contributed by atoms with E-state index in [1.807, 2.05) is 12.3 Å². The molecule has 0 unspecified atom stereocenters. The Morgan fingerprint density at radius 3 is 1.73 bits per heavy atom. The summed E-state index contributed by atoms with van der Waals surface area (Å²) in [4.78, 5) is 4.68. The third-order valence-electron chi connectivity index (χ3n) is 6.79. The van der Waals surface area contributed by atoms with Gasteiger partial charge in [0, 0.05) is 11.6 Å². The first kappa shape index (κ1) is 29.4. The minimum Gasteiger partial charge on any atom is -0.225 e. The lowest BCUT2D eigenvalue weighted by atomic mass is 9.99. The lowest BCUT2D eigenvalue weighted by molar-refractivity contribution is -2.00. The third kappa shape index (κ3) is 8.45. The molecule has 0 atom stereocenters. The summed E-state index contributed by atoms with van der Waals surface area (Å²) >= 11 is 0. The largest absolute Gasteiger partial charge is 0.403 e. The number of aromatic nitrogens is 3. The van der Waals surface area contributed by atoms with Crippen molar-refractivity contribution in [3.63, 3.8) is 0 Å².